The van der Waals surface area contributed by atoms with E-state index < -0.39 is 10.0 Å². The lowest BCUT2D eigenvalue weighted by atomic mass is 9.93. The zero-order valence-electron chi connectivity index (χ0n) is 12.9. The Labute approximate surface area is 123 Å². The molecule has 20 heavy (non-hydrogen) atoms. The van der Waals surface area contributed by atoms with Crippen molar-refractivity contribution in [2.45, 2.75) is 45.6 Å². The topological polar surface area (TPSA) is 58.2 Å². The predicted octanol–water partition coefficient (Wildman–Crippen LogP) is 2.51. The van der Waals surface area contributed by atoms with E-state index in [2.05, 4.69) is 30.8 Å². The Kier molecular flexibility index (Phi) is 6.17. The van der Waals surface area contributed by atoms with E-state index in [1.165, 1.54) is 0 Å². The first-order valence-corrected chi connectivity index (χ1v) is 8.52. The third-order valence-electron chi connectivity index (χ3n) is 2.98. The van der Waals surface area contributed by atoms with E-state index in [0.29, 0.717) is 11.4 Å². The largest absolute Gasteiger partial charge is 0.313 e. The number of rotatable bonds is 7. The Morgan fingerprint density at radius 3 is 2.20 bits per heavy atom. The molecule has 1 aromatic rings. The Hall–Kier alpha value is -0.910. The summed E-state index contributed by atoms with van der Waals surface area (Å²) in [6.45, 7) is 10.4. The number of sulfonamides is 1. The maximum Gasteiger partial charge on any atom is 0.240 e. The van der Waals surface area contributed by atoms with Gasteiger partial charge in [0.05, 0.1) is 4.90 Å². The quantitative estimate of drug-likeness (QED) is 0.813. The van der Waals surface area contributed by atoms with E-state index in [-0.39, 0.29) is 5.41 Å². The molecule has 0 saturated carbocycles. The smallest absolute Gasteiger partial charge is 0.240 e. The van der Waals surface area contributed by atoms with Crippen molar-refractivity contribution in [3.05, 3.63) is 29.8 Å². The molecule has 1 rings (SSSR count). The lowest BCUT2D eigenvalue weighted by Gasteiger charge is -2.18. The minimum Gasteiger partial charge on any atom is -0.313 e. The molecule has 0 amide bonds. The summed E-state index contributed by atoms with van der Waals surface area (Å²) in [5, 5.41) is 3.21. The van der Waals surface area contributed by atoms with Gasteiger partial charge < -0.3 is 5.32 Å². The standard InChI is InChI=1S/C15H26N2O2S/c1-5-16-12-13-6-8-14(9-7-13)20(18,19)17-11-10-15(2,3)4/h6-9,16-17H,5,10-12H2,1-4H3. The van der Waals surface area contributed by atoms with Crippen molar-refractivity contribution in [1.82, 2.24) is 10.0 Å². The van der Waals surface area contributed by atoms with E-state index in [4.69, 9.17) is 0 Å². The fraction of sp³-hybridized carbons (Fsp3) is 0.600. The van der Waals surface area contributed by atoms with E-state index in [1.54, 1.807) is 12.1 Å². The van der Waals surface area contributed by atoms with E-state index in [1.807, 2.05) is 19.1 Å². The van der Waals surface area contributed by atoms with Gasteiger partial charge in [-0.1, -0.05) is 39.8 Å². The van der Waals surface area contributed by atoms with Crippen LogP contribution in [0.15, 0.2) is 29.2 Å². The van der Waals surface area contributed by atoms with Gasteiger partial charge in [0.15, 0.2) is 0 Å². The Balaban J connectivity index is 2.63. The van der Waals surface area contributed by atoms with Crippen LogP contribution in [0.25, 0.3) is 0 Å². The maximum absolute atomic E-state index is 12.1. The van der Waals surface area contributed by atoms with E-state index in [0.717, 1.165) is 25.1 Å². The lowest BCUT2D eigenvalue weighted by Crippen LogP contribution is -2.27. The summed E-state index contributed by atoms with van der Waals surface area (Å²) in [4.78, 5) is 0.326. The number of hydrogen-bond acceptors (Lipinski definition) is 3. The first kappa shape index (κ1) is 17.1. The van der Waals surface area contributed by atoms with Gasteiger partial charge in [-0.2, -0.15) is 0 Å². The van der Waals surface area contributed by atoms with Crippen LogP contribution in [0.4, 0.5) is 0 Å². The molecule has 5 heteroatoms. The fourth-order valence-corrected chi connectivity index (χ4v) is 2.73. The van der Waals surface area contributed by atoms with Gasteiger partial charge in [-0.25, -0.2) is 13.1 Å². The molecule has 0 aliphatic carbocycles. The average molecular weight is 298 g/mol. The zero-order chi connectivity index (χ0) is 15.2. The Bertz CT molecular complexity index is 502. The lowest BCUT2D eigenvalue weighted by molar-refractivity contribution is 0.378. The van der Waals surface area contributed by atoms with Crippen LogP contribution in [0.2, 0.25) is 0 Å². The molecule has 0 radical (unpaired) electrons. The van der Waals surface area contributed by atoms with Crippen LogP contribution in [-0.2, 0) is 16.6 Å². The molecule has 0 aliphatic rings. The molecule has 0 fully saturated rings. The highest BCUT2D eigenvalue weighted by atomic mass is 32.2. The molecule has 1 aromatic carbocycles. The summed E-state index contributed by atoms with van der Waals surface area (Å²) >= 11 is 0. The second-order valence-electron chi connectivity index (χ2n) is 6.13. The first-order chi connectivity index (χ1) is 9.24. The highest BCUT2D eigenvalue weighted by Gasteiger charge is 2.16. The predicted molar refractivity (Wildman–Crippen MR) is 83.1 cm³/mol. The van der Waals surface area contributed by atoms with Crippen molar-refractivity contribution in [2.24, 2.45) is 5.41 Å². The van der Waals surface area contributed by atoms with Gasteiger partial charge in [0.1, 0.15) is 0 Å². The molecule has 114 valence electrons. The average Bonchev–Trinajstić information content (AvgIpc) is 2.35. The van der Waals surface area contributed by atoms with Gasteiger partial charge in [0.25, 0.3) is 0 Å². The summed E-state index contributed by atoms with van der Waals surface area (Å²) in [5.74, 6) is 0. The maximum atomic E-state index is 12.1. The summed E-state index contributed by atoms with van der Waals surface area (Å²) in [7, 11) is -3.39. The van der Waals surface area contributed by atoms with Crippen molar-refractivity contribution in [3.63, 3.8) is 0 Å². The van der Waals surface area contributed by atoms with Crippen LogP contribution >= 0.6 is 0 Å². The third-order valence-corrected chi connectivity index (χ3v) is 4.46. The molecular weight excluding hydrogens is 272 g/mol. The van der Waals surface area contributed by atoms with Gasteiger partial charge in [-0.15, -0.1) is 0 Å². The minimum absolute atomic E-state index is 0.123. The summed E-state index contributed by atoms with van der Waals surface area (Å²) in [5.41, 5.74) is 1.21. The van der Waals surface area contributed by atoms with Crippen LogP contribution in [-0.4, -0.2) is 21.5 Å². The molecule has 4 nitrogen and oxygen atoms in total. The molecule has 0 spiro atoms. The zero-order valence-corrected chi connectivity index (χ0v) is 13.7. The van der Waals surface area contributed by atoms with E-state index >= 15 is 0 Å². The molecule has 0 saturated heterocycles. The Morgan fingerprint density at radius 2 is 1.70 bits per heavy atom. The third kappa shape index (κ3) is 6.03. The summed E-state index contributed by atoms with van der Waals surface area (Å²) < 4.78 is 26.9. The van der Waals surface area contributed by atoms with Crippen LogP contribution in [0.3, 0.4) is 0 Å². The summed E-state index contributed by atoms with van der Waals surface area (Å²) in [6, 6.07) is 7.01. The van der Waals surface area contributed by atoms with Crippen LogP contribution in [0.5, 0.6) is 0 Å². The first-order valence-electron chi connectivity index (χ1n) is 7.04. The minimum atomic E-state index is -3.39. The van der Waals surface area contributed by atoms with Crippen molar-refractivity contribution in [3.8, 4) is 0 Å². The van der Waals surface area contributed by atoms with Crippen LogP contribution in [0.1, 0.15) is 39.7 Å². The molecule has 0 atom stereocenters. The second kappa shape index (κ2) is 7.20. The van der Waals surface area contributed by atoms with Gasteiger partial charge in [-0.3, -0.25) is 0 Å². The number of benzene rings is 1. The van der Waals surface area contributed by atoms with Crippen molar-refractivity contribution >= 4 is 10.0 Å². The van der Waals surface area contributed by atoms with Crippen LogP contribution in [0, 0.1) is 5.41 Å². The molecule has 0 heterocycles. The van der Waals surface area contributed by atoms with Gasteiger partial charge in [0.2, 0.25) is 10.0 Å². The van der Waals surface area contributed by atoms with Gasteiger partial charge >= 0.3 is 0 Å². The fourth-order valence-electron chi connectivity index (χ4n) is 1.70. The summed E-state index contributed by atoms with van der Waals surface area (Å²) in [6.07, 6.45) is 0.810. The number of hydrogen-bond donors (Lipinski definition) is 2. The van der Waals surface area contributed by atoms with Crippen LogP contribution < -0.4 is 10.0 Å². The monoisotopic (exact) mass is 298 g/mol. The SMILES string of the molecule is CCNCc1ccc(S(=O)(=O)NCCC(C)(C)C)cc1. The van der Waals surface area contributed by atoms with Crippen molar-refractivity contribution in [1.29, 1.82) is 0 Å². The number of nitrogens with one attached hydrogen (secondary N) is 2. The molecule has 2 N–H and O–H groups in total. The Morgan fingerprint density at radius 1 is 1.10 bits per heavy atom. The normalized spacial score (nSPS) is 12.6. The molecule has 0 aromatic heterocycles. The molecular formula is C15H26N2O2S. The van der Waals surface area contributed by atoms with Crippen molar-refractivity contribution < 1.29 is 8.42 Å². The highest BCUT2D eigenvalue weighted by Crippen LogP contribution is 2.18. The van der Waals surface area contributed by atoms with Crippen molar-refractivity contribution in [2.75, 3.05) is 13.1 Å². The highest BCUT2D eigenvalue weighted by molar-refractivity contribution is 7.89. The van der Waals surface area contributed by atoms with Gasteiger partial charge in [-0.05, 0) is 36.1 Å². The molecule has 0 bridgehead atoms. The van der Waals surface area contributed by atoms with E-state index in [9.17, 15) is 8.42 Å². The van der Waals surface area contributed by atoms with Gasteiger partial charge in [0, 0.05) is 13.1 Å². The molecule has 0 aliphatic heterocycles. The molecule has 0 unspecified atom stereocenters. The second-order valence-corrected chi connectivity index (χ2v) is 7.90.